The van der Waals surface area contributed by atoms with Crippen molar-refractivity contribution in [1.82, 2.24) is 9.97 Å². The second-order valence-electron chi connectivity index (χ2n) is 8.29. The summed E-state index contributed by atoms with van der Waals surface area (Å²) in [6.07, 6.45) is 0. The quantitative estimate of drug-likeness (QED) is 0.268. The molecule has 0 unspecified atom stereocenters. The van der Waals surface area contributed by atoms with Gasteiger partial charge in [0.1, 0.15) is 11.2 Å². The molecule has 0 saturated heterocycles. The van der Waals surface area contributed by atoms with E-state index in [1.54, 1.807) is 0 Å². The SMILES string of the molecule is Cc1nc2cc(-c3cccc4c3oc3ccccc34)cc3c(C)nc4cccc1c4c23. The van der Waals surface area contributed by atoms with Crippen molar-refractivity contribution in [2.45, 2.75) is 13.8 Å². The Kier molecular flexibility index (Phi) is 3.14. The number of furan rings is 1. The van der Waals surface area contributed by atoms with Gasteiger partial charge in [0.2, 0.25) is 0 Å². The summed E-state index contributed by atoms with van der Waals surface area (Å²) in [4.78, 5) is 9.92. The lowest BCUT2D eigenvalue weighted by Crippen LogP contribution is -1.96. The summed E-state index contributed by atoms with van der Waals surface area (Å²) in [5.41, 5.74) is 8.11. The lowest BCUT2D eigenvalue weighted by atomic mass is 9.94. The van der Waals surface area contributed by atoms with Crippen molar-refractivity contribution in [3.05, 3.63) is 84.2 Å². The van der Waals surface area contributed by atoms with Crippen LogP contribution >= 0.6 is 0 Å². The molecule has 0 aliphatic rings. The van der Waals surface area contributed by atoms with E-state index in [9.17, 15) is 0 Å². The molecule has 0 atom stereocenters. The summed E-state index contributed by atoms with van der Waals surface area (Å²) in [6, 6.07) is 25.3. The number of hydrogen-bond donors (Lipinski definition) is 0. The van der Waals surface area contributed by atoms with E-state index in [-0.39, 0.29) is 0 Å². The van der Waals surface area contributed by atoms with E-state index < -0.39 is 0 Å². The minimum Gasteiger partial charge on any atom is -0.455 e. The van der Waals surface area contributed by atoms with Crippen LogP contribution in [0.2, 0.25) is 0 Å². The van der Waals surface area contributed by atoms with Gasteiger partial charge in [0.05, 0.1) is 11.0 Å². The van der Waals surface area contributed by atoms with Crippen molar-refractivity contribution >= 4 is 54.5 Å². The predicted molar refractivity (Wildman–Crippen MR) is 128 cm³/mol. The van der Waals surface area contributed by atoms with Crippen LogP contribution in [0.15, 0.2) is 77.2 Å². The van der Waals surface area contributed by atoms with Gasteiger partial charge in [0.15, 0.2) is 0 Å². The molecule has 3 heteroatoms. The molecule has 0 aliphatic carbocycles. The van der Waals surface area contributed by atoms with Crippen LogP contribution in [-0.2, 0) is 0 Å². The molecule has 0 radical (unpaired) electrons. The predicted octanol–water partition coefficient (Wildman–Crippen LogP) is 7.56. The van der Waals surface area contributed by atoms with Crippen LogP contribution in [0.4, 0.5) is 0 Å². The first-order valence-electron chi connectivity index (χ1n) is 10.5. The van der Waals surface area contributed by atoms with Gasteiger partial charge in [0, 0.05) is 49.3 Å². The van der Waals surface area contributed by atoms with Gasteiger partial charge in [-0.1, -0.05) is 48.5 Å². The van der Waals surface area contributed by atoms with Crippen molar-refractivity contribution in [3.63, 3.8) is 0 Å². The third-order valence-corrected chi connectivity index (χ3v) is 6.48. The molecular formula is C28H18N2O. The third kappa shape index (κ3) is 2.18. The van der Waals surface area contributed by atoms with Crippen molar-refractivity contribution in [3.8, 4) is 11.1 Å². The number of aryl methyl sites for hydroxylation is 2. The van der Waals surface area contributed by atoms with Crippen LogP contribution in [0, 0.1) is 13.8 Å². The Hall–Kier alpha value is -3.98. The first kappa shape index (κ1) is 16.8. The lowest BCUT2D eigenvalue weighted by molar-refractivity contribution is 0.670. The summed E-state index contributed by atoms with van der Waals surface area (Å²) in [7, 11) is 0. The van der Waals surface area contributed by atoms with Crippen LogP contribution in [0.3, 0.4) is 0 Å². The molecule has 0 fully saturated rings. The molecule has 31 heavy (non-hydrogen) atoms. The number of aromatic nitrogens is 2. The monoisotopic (exact) mass is 398 g/mol. The van der Waals surface area contributed by atoms with Crippen molar-refractivity contribution in [2.24, 2.45) is 0 Å². The van der Waals surface area contributed by atoms with Crippen LogP contribution in [0.1, 0.15) is 11.4 Å². The van der Waals surface area contributed by atoms with E-state index in [4.69, 9.17) is 14.4 Å². The highest BCUT2D eigenvalue weighted by molar-refractivity contribution is 6.23. The second kappa shape index (κ2) is 5.79. The molecule has 146 valence electrons. The summed E-state index contributed by atoms with van der Waals surface area (Å²) in [6.45, 7) is 4.16. The number of nitrogens with zero attached hydrogens (tertiary/aromatic N) is 2. The van der Waals surface area contributed by atoms with Crippen LogP contribution in [-0.4, -0.2) is 9.97 Å². The number of hydrogen-bond acceptors (Lipinski definition) is 3. The Balaban J connectivity index is 1.63. The first-order chi connectivity index (χ1) is 15.2. The van der Waals surface area contributed by atoms with Gasteiger partial charge < -0.3 is 4.42 Å². The third-order valence-electron chi connectivity index (χ3n) is 6.48. The zero-order chi connectivity index (χ0) is 20.7. The highest BCUT2D eigenvalue weighted by Crippen LogP contribution is 2.40. The molecule has 3 heterocycles. The van der Waals surface area contributed by atoms with Crippen molar-refractivity contribution in [2.75, 3.05) is 0 Å². The molecule has 0 spiro atoms. The molecule has 3 aromatic heterocycles. The maximum atomic E-state index is 6.31. The number of rotatable bonds is 1. The Morgan fingerprint density at radius 3 is 2.26 bits per heavy atom. The van der Waals surface area contributed by atoms with E-state index in [0.717, 1.165) is 60.9 Å². The van der Waals surface area contributed by atoms with Gasteiger partial charge in [-0.15, -0.1) is 0 Å². The standard InChI is InChI=1S/C28H18N2O/c1-15-18-8-6-11-23-26(18)27-22(16(2)29-23)13-17(14-24(27)30-15)19-9-5-10-21-20-7-3-4-12-25(20)31-28(19)21/h3-14H,1-2H3. The van der Waals surface area contributed by atoms with E-state index in [1.165, 1.54) is 16.2 Å². The largest absolute Gasteiger partial charge is 0.455 e. The van der Waals surface area contributed by atoms with E-state index in [0.29, 0.717) is 0 Å². The van der Waals surface area contributed by atoms with Gasteiger partial charge in [-0.25, -0.2) is 0 Å². The van der Waals surface area contributed by atoms with Gasteiger partial charge in [0.25, 0.3) is 0 Å². The maximum absolute atomic E-state index is 6.31. The highest BCUT2D eigenvalue weighted by Gasteiger charge is 2.18. The zero-order valence-electron chi connectivity index (χ0n) is 17.2. The number of fused-ring (bicyclic) bond motifs is 3. The highest BCUT2D eigenvalue weighted by atomic mass is 16.3. The molecule has 0 aliphatic heterocycles. The zero-order valence-corrected chi connectivity index (χ0v) is 17.2. The first-order valence-corrected chi connectivity index (χ1v) is 10.5. The molecule has 7 rings (SSSR count). The van der Waals surface area contributed by atoms with E-state index in [2.05, 4.69) is 74.5 Å². The van der Waals surface area contributed by atoms with Crippen molar-refractivity contribution in [1.29, 1.82) is 0 Å². The fourth-order valence-corrected chi connectivity index (χ4v) is 5.07. The van der Waals surface area contributed by atoms with Crippen LogP contribution in [0.5, 0.6) is 0 Å². The molecule has 0 saturated carbocycles. The van der Waals surface area contributed by atoms with Crippen LogP contribution < -0.4 is 0 Å². The summed E-state index contributed by atoms with van der Waals surface area (Å²) in [5.74, 6) is 0. The van der Waals surface area contributed by atoms with Crippen LogP contribution in [0.25, 0.3) is 65.6 Å². The minimum absolute atomic E-state index is 0.912. The molecule has 0 amide bonds. The topological polar surface area (TPSA) is 38.9 Å². The number of para-hydroxylation sites is 2. The minimum atomic E-state index is 0.912. The van der Waals surface area contributed by atoms with E-state index >= 15 is 0 Å². The fraction of sp³-hybridized carbons (Fsp3) is 0.0714. The Bertz CT molecular complexity index is 1810. The molecule has 3 nitrogen and oxygen atoms in total. The normalized spacial score (nSPS) is 12.2. The summed E-state index contributed by atoms with van der Waals surface area (Å²) < 4.78 is 6.31. The summed E-state index contributed by atoms with van der Waals surface area (Å²) in [5, 5.41) is 7.01. The van der Waals surface area contributed by atoms with Crippen molar-refractivity contribution < 1.29 is 4.42 Å². The lowest BCUT2D eigenvalue weighted by Gasteiger charge is -2.15. The molecule has 7 aromatic rings. The molecule has 4 aromatic carbocycles. The van der Waals surface area contributed by atoms with E-state index in [1.807, 2.05) is 12.1 Å². The Morgan fingerprint density at radius 2 is 1.32 bits per heavy atom. The Morgan fingerprint density at radius 1 is 0.613 bits per heavy atom. The van der Waals surface area contributed by atoms with Gasteiger partial charge in [-0.2, -0.15) is 0 Å². The van der Waals surface area contributed by atoms with Gasteiger partial charge in [-0.05, 0) is 43.7 Å². The number of pyridine rings is 2. The Labute approximate surface area is 178 Å². The maximum Gasteiger partial charge on any atom is 0.143 e. The molecule has 0 N–H and O–H groups in total. The van der Waals surface area contributed by atoms with Gasteiger partial charge in [-0.3, -0.25) is 9.97 Å². The van der Waals surface area contributed by atoms with Gasteiger partial charge >= 0.3 is 0 Å². The average Bonchev–Trinajstić information content (AvgIpc) is 3.17. The molecular weight excluding hydrogens is 380 g/mol. The fourth-order valence-electron chi connectivity index (χ4n) is 5.07. The molecule has 0 bridgehead atoms. The number of benzene rings is 4. The smallest absolute Gasteiger partial charge is 0.143 e. The average molecular weight is 398 g/mol. The summed E-state index contributed by atoms with van der Waals surface area (Å²) >= 11 is 0. The second-order valence-corrected chi connectivity index (χ2v) is 8.29.